The summed E-state index contributed by atoms with van der Waals surface area (Å²) in [6.07, 6.45) is 3.31. The minimum absolute atomic E-state index is 0.337. The molecule has 0 amide bonds. The highest BCUT2D eigenvalue weighted by molar-refractivity contribution is 4.65. The first-order chi connectivity index (χ1) is 3.06. The zero-order valence-corrected chi connectivity index (χ0v) is 5.01. The monoisotopic (exact) mass is 101 g/mol. The second-order valence-corrected chi connectivity index (χ2v) is 1.92. The Morgan fingerprint density at radius 1 is 1.43 bits per heavy atom. The molecule has 0 saturated carbocycles. The Bertz CT molecular complexity index is 70.6. The molecule has 0 aromatic rings. The first-order valence-electron chi connectivity index (χ1n) is 2.25. The Morgan fingerprint density at radius 3 is 1.86 bits per heavy atom. The van der Waals surface area contributed by atoms with E-state index in [1.165, 1.54) is 0 Å². The van der Waals surface area contributed by atoms with Gasteiger partial charge in [-0.25, -0.2) is 0 Å². The summed E-state index contributed by atoms with van der Waals surface area (Å²) in [5.41, 5.74) is 0. The number of hydrogen-bond donors (Lipinski definition) is 0. The van der Waals surface area contributed by atoms with Crippen molar-refractivity contribution >= 4 is 0 Å². The van der Waals surface area contributed by atoms with Gasteiger partial charge in [-0.1, -0.05) is 0 Å². The minimum atomic E-state index is -0.337. The smallest absolute Gasteiger partial charge is 0.0911 e. The molecule has 0 atom stereocenters. The summed E-state index contributed by atoms with van der Waals surface area (Å²) >= 11 is 0. The van der Waals surface area contributed by atoms with Crippen molar-refractivity contribution < 1.29 is 4.65 Å². The van der Waals surface area contributed by atoms with Crippen LogP contribution in [0, 0.1) is 5.21 Å². The maximum absolute atomic E-state index is 10.6. The molecule has 0 spiro atoms. The van der Waals surface area contributed by atoms with E-state index in [-0.39, 0.29) is 4.65 Å². The van der Waals surface area contributed by atoms with Crippen LogP contribution in [0.1, 0.15) is 6.92 Å². The van der Waals surface area contributed by atoms with Gasteiger partial charge in [-0.15, -0.1) is 0 Å². The van der Waals surface area contributed by atoms with E-state index in [4.69, 9.17) is 0 Å². The maximum Gasteiger partial charge on any atom is 0.0911 e. The number of rotatable bonds is 1. The quantitative estimate of drug-likeness (QED) is 0.358. The van der Waals surface area contributed by atoms with E-state index in [9.17, 15) is 5.21 Å². The molecular formula is C5H11NO. The Kier molecular flexibility index (Phi) is 1.99. The molecule has 7 heavy (non-hydrogen) atoms. The third-order valence-electron chi connectivity index (χ3n) is 0.508. The number of allylic oxidation sites excluding steroid dienone is 1. The lowest BCUT2D eigenvalue weighted by Crippen LogP contribution is -2.23. The highest BCUT2D eigenvalue weighted by Crippen LogP contribution is 1.90. The number of hydroxylamine groups is 3. The second-order valence-electron chi connectivity index (χ2n) is 1.92. The Labute approximate surface area is 44.2 Å². The maximum atomic E-state index is 10.6. The standard InChI is InChI=1S/C5H11NO/c1-4-5-6(2,3)7/h4-5H,1-3H3/b5-4-. The van der Waals surface area contributed by atoms with E-state index in [1.807, 2.05) is 6.92 Å². The van der Waals surface area contributed by atoms with E-state index in [0.717, 1.165) is 0 Å². The third-order valence-corrected chi connectivity index (χ3v) is 0.508. The van der Waals surface area contributed by atoms with Crippen molar-refractivity contribution in [1.82, 2.24) is 0 Å². The van der Waals surface area contributed by atoms with Gasteiger partial charge in [0.1, 0.15) is 0 Å². The van der Waals surface area contributed by atoms with Crippen LogP contribution in [0.5, 0.6) is 0 Å². The summed E-state index contributed by atoms with van der Waals surface area (Å²) in [5.74, 6) is 0. The molecule has 0 aromatic heterocycles. The van der Waals surface area contributed by atoms with Crippen LogP contribution in [0.3, 0.4) is 0 Å². The predicted molar refractivity (Wildman–Crippen MR) is 30.3 cm³/mol. The molecule has 42 valence electrons. The molecule has 2 heteroatoms. The highest BCUT2D eigenvalue weighted by Gasteiger charge is 1.88. The van der Waals surface area contributed by atoms with Crippen LogP contribution in [0.4, 0.5) is 0 Å². The van der Waals surface area contributed by atoms with Crippen molar-refractivity contribution in [2.45, 2.75) is 6.92 Å². The van der Waals surface area contributed by atoms with Crippen LogP contribution in [-0.2, 0) is 0 Å². The van der Waals surface area contributed by atoms with Gasteiger partial charge in [0.25, 0.3) is 0 Å². The number of hydrogen-bond acceptors (Lipinski definition) is 1. The largest absolute Gasteiger partial charge is 0.628 e. The normalized spacial score (nSPS) is 13.1. The van der Waals surface area contributed by atoms with Gasteiger partial charge < -0.3 is 9.85 Å². The van der Waals surface area contributed by atoms with Gasteiger partial charge in [0.2, 0.25) is 0 Å². The van der Waals surface area contributed by atoms with Crippen molar-refractivity contribution in [3.05, 3.63) is 17.5 Å². The molecule has 0 radical (unpaired) electrons. The average Bonchev–Trinajstić information content (AvgIpc) is 1.30. The lowest BCUT2D eigenvalue weighted by atomic mass is 10.6. The van der Waals surface area contributed by atoms with E-state index < -0.39 is 0 Å². The van der Waals surface area contributed by atoms with Crippen LogP contribution in [0.2, 0.25) is 0 Å². The molecule has 0 saturated heterocycles. The molecule has 0 unspecified atom stereocenters. The molecule has 0 fully saturated rings. The Morgan fingerprint density at radius 2 is 1.86 bits per heavy atom. The Hall–Kier alpha value is -0.340. The van der Waals surface area contributed by atoms with Gasteiger partial charge in [-0.3, -0.25) is 0 Å². The van der Waals surface area contributed by atoms with E-state index in [0.29, 0.717) is 0 Å². The van der Waals surface area contributed by atoms with Gasteiger partial charge >= 0.3 is 0 Å². The lowest BCUT2D eigenvalue weighted by Gasteiger charge is -2.28. The van der Waals surface area contributed by atoms with Crippen LogP contribution in [-0.4, -0.2) is 18.7 Å². The molecule has 0 bridgehead atoms. The lowest BCUT2D eigenvalue weighted by molar-refractivity contribution is -0.785. The van der Waals surface area contributed by atoms with Gasteiger partial charge in [-0.05, 0) is 13.0 Å². The molecule has 2 nitrogen and oxygen atoms in total. The zero-order valence-electron chi connectivity index (χ0n) is 5.01. The van der Waals surface area contributed by atoms with Crippen LogP contribution < -0.4 is 0 Å². The third kappa shape index (κ3) is 5.66. The minimum Gasteiger partial charge on any atom is -0.628 e. The average molecular weight is 101 g/mol. The van der Waals surface area contributed by atoms with Gasteiger partial charge in [0.05, 0.1) is 20.3 Å². The van der Waals surface area contributed by atoms with Crippen LogP contribution in [0.25, 0.3) is 0 Å². The van der Waals surface area contributed by atoms with E-state index in [2.05, 4.69) is 0 Å². The second kappa shape index (κ2) is 2.09. The van der Waals surface area contributed by atoms with Gasteiger partial charge in [0.15, 0.2) is 0 Å². The molecule has 0 aliphatic rings. The SMILES string of the molecule is C/C=C\[N+](C)(C)[O-]. The van der Waals surface area contributed by atoms with Crippen LogP contribution in [0.15, 0.2) is 12.3 Å². The van der Waals surface area contributed by atoms with Crippen LogP contribution >= 0.6 is 0 Å². The summed E-state index contributed by atoms with van der Waals surface area (Å²) in [7, 11) is 3.14. The number of nitrogens with zero attached hydrogens (tertiary/aromatic N) is 1. The summed E-state index contributed by atoms with van der Waals surface area (Å²) in [4.78, 5) is 0. The van der Waals surface area contributed by atoms with Crippen molar-refractivity contribution in [1.29, 1.82) is 0 Å². The fraction of sp³-hybridized carbons (Fsp3) is 0.600. The molecule has 0 heterocycles. The topological polar surface area (TPSA) is 23.1 Å². The zero-order chi connectivity index (χ0) is 5.91. The van der Waals surface area contributed by atoms with Gasteiger partial charge in [0, 0.05) is 0 Å². The summed E-state index contributed by atoms with van der Waals surface area (Å²) in [5, 5.41) is 10.6. The summed E-state index contributed by atoms with van der Waals surface area (Å²) < 4.78 is -0.337. The van der Waals surface area contributed by atoms with E-state index >= 15 is 0 Å². The predicted octanol–water partition coefficient (Wildman–Crippen LogP) is 1.09. The molecule has 0 rings (SSSR count). The molecule has 0 aliphatic carbocycles. The summed E-state index contributed by atoms with van der Waals surface area (Å²) in [6, 6.07) is 0. The molecule has 0 aromatic carbocycles. The van der Waals surface area contributed by atoms with Crippen molar-refractivity contribution in [3.8, 4) is 0 Å². The molecular weight excluding hydrogens is 90.1 g/mol. The highest BCUT2D eigenvalue weighted by atomic mass is 16.5. The van der Waals surface area contributed by atoms with Crippen molar-refractivity contribution in [2.24, 2.45) is 0 Å². The summed E-state index contributed by atoms with van der Waals surface area (Å²) in [6.45, 7) is 1.83. The van der Waals surface area contributed by atoms with E-state index in [1.54, 1.807) is 26.4 Å². The Balaban J connectivity index is 3.56. The number of quaternary nitrogens is 1. The first-order valence-corrected chi connectivity index (χ1v) is 2.25. The molecule has 0 N–H and O–H groups in total. The molecule has 0 aliphatic heterocycles. The fourth-order valence-corrected chi connectivity index (χ4v) is 0.359. The van der Waals surface area contributed by atoms with Crippen molar-refractivity contribution in [3.63, 3.8) is 0 Å². The van der Waals surface area contributed by atoms with Crippen molar-refractivity contribution in [2.75, 3.05) is 14.1 Å². The first kappa shape index (κ1) is 6.66. The van der Waals surface area contributed by atoms with Gasteiger partial charge in [-0.2, -0.15) is 0 Å². The fourth-order valence-electron chi connectivity index (χ4n) is 0.359.